The number of halogens is 1. The van der Waals surface area contributed by atoms with Gasteiger partial charge in [-0.15, -0.1) is 0 Å². The Labute approximate surface area is 145 Å². The summed E-state index contributed by atoms with van der Waals surface area (Å²) in [6.45, 7) is 2.50. The second kappa shape index (κ2) is 6.33. The molecule has 2 heterocycles. The number of benzene rings is 2. The molecule has 5 heteroatoms. The van der Waals surface area contributed by atoms with E-state index in [4.69, 9.17) is 4.74 Å². The molecule has 128 valence electrons. The molecule has 0 aliphatic carbocycles. The lowest BCUT2D eigenvalue weighted by molar-refractivity contribution is 0.101. The number of carbonyl (C=O) groups is 1. The fraction of sp³-hybridized carbons (Fsp3) is 0.250. The first-order chi connectivity index (χ1) is 12.1. The van der Waals surface area contributed by atoms with Gasteiger partial charge in [0.2, 0.25) is 5.78 Å². The molecule has 1 N–H and O–H groups in total. The standard InChI is InChI=1S/C20H18FNO3/c21-14-5-3-4-13(10-14)11-18-19(24)15-6-7-17(23)16(20(15)25-18)12-22-8-1-2-9-22/h3-7,10-11,23H,1-2,8-9,12H2. The van der Waals surface area contributed by atoms with Crippen molar-refractivity contribution in [2.24, 2.45) is 0 Å². The summed E-state index contributed by atoms with van der Waals surface area (Å²) < 4.78 is 19.1. The SMILES string of the molecule is O=C1C(=Cc2cccc(F)c2)Oc2c1ccc(O)c2CN1CCCC1. The zero-order chi connectivity index (χ0) is 17.4. The van der Waals surface area contributed by atoms with Crippen LogP contribution in [0.3, 0.4) is 0 Å². The number of fused-ring (bicyclic) bond motifs is 1. The van der Waals surface area contributed by atoms with E-state index < -0.39 is 0 Å². The third-order valence-corrected chi connectivity index (χ3v) is 4.64. The van der Waals surface area contributed by atoms with Gasteiger partial charge in [-0.1, -0.05) is 12.1 Å². The Balaban J connectivity index is 1.68. The molecule has 0 saturated carbocycles. The maximum Gasteiger partial charge on any atom is 0.231 e. The third kappa shape index (κ3) is 3.03. The molecule has 1 saturated heterocycles. The van der Waals surface area contributed by atoms with Gasteiger partial charge in [0.05, 0.1) is 11.1 Å². The van der Waals surface area contributed by atoms with E-state index in [-0.39, 0.29) is 23.1 Å². The molecule has 2 aromatic carbocycles. The lowest BCUT2D eigenvalue weighted by Crippen LogP contribution is -2.18. The van der Waals surface area contributed by atoms with Crippen molar-refractivity contribution in [1.82, 2.24) is 4.90 Å². The number of aromatic hydroxyl groups is 1. The van der Waals surface area contributed by atoms with Crippen LogP contribution in [0.15, 0.2) is 42.2 Å². The minimum absolute atomic E-state index is 0.130. The Kier molecular flexibility index (Phi) is 4.01. The molecule has 2 aromatic rings. The number of Topliss-reactive ketones (excluding diaryl/α,β-unsaturated/α-hetero) is 1. The van der Waals surface area contributed by atoms with E-state index in [2.05, 4.69) is 4.90 Å². The van der Waals surface area contributed by atoms with Crippen LogP contribution in [0.5, 0.6) is 11.5 Å². The van der Waals surface area contributed by atoms with Crippen LogP contribution in [-0.2, 0) is 6.54 Å². The molecule has 0 unspecified atom stereocenters. The molecular formula is C20H18FNO3. The highest BCUT2D eigenvalue weighted by molar-refractivity contribution is 6.15. The second-order valence-corrected chi connectivity index (χ2v) is 6.42. The number of hydrogen-bond donors (Lipinski definition) is 1. The first-order valence-corrected chi connectivity index (χ1v) is 8.39. The maximum atomic E-state index is 13.4. The molecule has 2 aliphatic rings. The van der Waals surface area contributed by atoms with Gasteiger partial charge in [0.15, 0.2) is 5.76 Å². The minimum atomic E-state index is -0.371. The lowest BCUT2D eigenvalue weighted by atomic mass is 10.0. The number of phenolic OH excluding ortho intramolecular Hbond substituents is 1. The molecule has 0 bridgehead atoms. The zero-order valence-corrected chi connectivity index (χ0v) is 13.7. The predicted octanol–water partition coefficient (Wildman–Crippen LogP) is 3.74. The summed E-state index contributed by atoms with van der Waals surface area (Å²) >= 11 is 0. The average molecular weight is 339 g/mol. The molecule has 0 spiro atoms. The highest BCUT2D eigenvalue weighted by Crippen LogP contribution is 2.40. The fourth-order valence-corrected chi connectivity index (χ4v) is 3.36. The summed E-state index contributed by atoms with van der Waals surface area (Å²) in [6.07, 6.45) is 3.81. The van der Waals surface area contributed by atoms with Gasteiger partial charge in [-0.3, -0.25) is 9.69 Å². The Bertz CT molecular complexity index is 869. The van der Waals surface area contributed by atoms with Crippen LogP contribution in [0, 0.1) is 5.82 Å². The smallest absolute Gasteiger partial charge is 0.231 e. The van der Waals surface area contributed by atoms with Crippen LogP contribution < -0.4 is 4.74 Å². The van der Waals surface area contributed by atoms with Crippen LogP contribution in [0.4, 0.5) is 4.39 Å². The average Bonchev–Trinajstić information content (AvgIpc) is 3.20. The van der Waals surface area contributed by atoms with Gasteiger partial charge in [-0.25, -0.2) is 4.39 Å². The predicted molar refractivity (Wildman–Crippen MR) is 92.0 cm³/mol. The highest BCUT2D eigenvalue weighted by atomic mass is 19.1. The number of ketones is 1. The molecule has 25 heavy (non-hydrogen) atoms. The van der Waals surface area contributed by atoms with Gasteiger partial charge in [0.1, 0.15) is 17.3 Å². The summed E-state index contributed by atoms with van der Waals surface area (Å²) in [5.41, 5.74) is 1.63. The van der Waals surface area contributed by atoms with Crippen LogP contribution in [0.1, 0.15) is 34.3 Å². The van der Waals surface area contributed by atoms with Gasteiger partial charge < -0.3 is 9.84 Å². The van der Waals surface area contributed by atoms with E-state index in [0.29, 0.717) is 29.0 Å². The van der Waals surface area contributed by atoms with Crippen molar-refractivity contribution in [2.75, 3.05) is 13.1 Å². The van der Waals surface area contributed by atoms with Crippen molar-refractivity contribution in [1.29, 1.82) is 0 Å². The Hall–Kier alpha value is -2.66. The van der Waals surface area contributed by atoms with Crippen LogP contribution in [-0.4, -0.2) is 28.9 Å². The molecule has 4 rings (SSSR count). The second-order valence-electron chi connectivity index (χ2n) is 6.42. The summed E-state index contributed by atoms with van der Waals surface area (Å²) in [4.78, 5) is 14.8. The number of allylic oxidation sites excluding steroid dienone is 1. The summed E-state index contributed by atoms with van der Waals surface area (Å²) in [6, 6.07) is 9.09. The number of carbonyl (C=O) groups excluding carboxylic acids is 1. The quantitative estimate of drug-likeness (QED) is 0.866. The first kappa shape index (κ1) is 15.8. The number of hydrogen-bond acceptors (Lipinski definition) is 4. The van der Waals surface area contributed by atoms with E-state index in [1.54, 1.807) is 18.2 Å². The molecular weight excluding hydrogens is 321 g/mol. The van der Waals surface area contributed by atoms with E-state index >= 15 is 0 Å². The third-order valence-electron chi connectivity index (χ3n) is 4.64. The number of ether oxygens (including phenoxy) is 1. The van der Waals surface area contributed by atoms with Gasteiger partial charge in [0.25, 0.3) is 0 Å². The number of likely N-dealkylation sites (tertiary alicyclic amines) is 1. The molecule has 0 radical (unpaired) electrons. The highest BCUT2D eigenvalue weighted by Gasteiger charge is 2.32. The van der Waals surface area contributed by atoms with Gasteiger partial charge in [-0.2, -0.15) is 0 Å². The number of rotatable bonds is 3. The van der Waals surface area contributed by atoms with Crippen molar-refractivity contribution in [2.45, 2.75) is 19.4 Å². The van der Waals surface area contributed by atoms with Crippen LogP contribution in [0.25, 0.3) is 6.08 Å². The summed E-state index contributed by atoms with van der Waals surface area (Å²) in [7, 11) is 0. The number of nitrogens with zero attached hydrogens (tertiary/aromatic N) is 1. The van der Waals surface area contributed by atoms with Crippen molar-refractivity contribution in [3.05, 3.63) is 64.7 Å². The molecule has 0 aromatic heterocycles. The van der Waals surface area contributed by atoms with Crippen molar-refractivity contribution >= 4 is 11.9 Å². The Morgan fingerprint density at radius 2 is 2.00 bits per heavy atom. The molecule has 0 atom stereocenters. The monoisotopic (exact) mass is 339 g/mol. The topological polar surface area (TPSA) is 49.8 Å². The maximum absolute atomic E-state index is 13.4. The minimum Gasteiger partial charge on any atom is -0.507 e. The lowest BCUT2D eigenvalue weighted by Gasteiger charge is -2.17. The summed E-state index contributed by atoms with van der Waals surface area (Å²) in [5, 5.41) is 10.2. The van der Waals surface area contributed by atoms with E-state index in [1.165, 1.54) is 24.3 Å². The van der Waals surface area contributed by atoms with Crippen LogP contribution in [0.2, 0.25) is 0 Å². The normalized spacial score (nSPS) is 18.6. The van der Waals surface area contributed by atoms with Crippen molar-refractivity contribution < 1.29 is 19.0 Å². The van der Waals surface area contributed by atoms with Crippen LogP contribution >= 0.6 is 0 Å². The fourth-order valence-electron chi connectivity index (χ4n) is 3.36. The zero-order valence-electron chi connectivity index (χ0n) is 13.7. The number of phenols is 1. The Morgan fingerprint density at radius 3 is 2.76 bits per heavy atom. The molecule has 2 aliphatic heterocycles. The van der Waals surface area contributed by atoms with E-state index in [1.807, 2.05) is 0 Å². The molecule has 4 nitrogen and oxygen atoms in total. The first-order valence-electron chi connectivity index (χ1n) is 8.39. The van der Waals surface area contributed by atoms with Crippen molar-refractivity contribution in [3.63, 3.8) is 0 Å². The summed E-state index contributed by atoms with van der Waals surface area (Å²) in [5.74, 6) is 0.0745. The molecule has 1 fully saturated rings. The molecule has 0 amide bonds. The van der Waals surface area contributed by atoms with E-state index in [9.17, 15) is 14.3 Å². The van der Waals surface area contributed by atoms with Gasteiger partial charge in [0, 0.05) is 6.54 Å². The largest absolute Gasteiger partial charge is 0.507 e. The van der Waals surface area contributed by atoms with E-state index in [0.717, 1.165) is 25.9 Å². The Morgan fingerprint density at radius 1 is 1.20 bits per heavy atom. The van der Waals surface area contributed by atoms with Gasteiger partial charge in [-0.05, 0) is 61.8 Å². The van der Waals surface area contributed by atoms with Gasteiger partial charge >= 0.3 is 0 Å². The van der Waals surface area contributed by atoms with Crippen molar-refractivity contribution in [3.8, 4) is 11.5 Å².